The van der Waals surface area contributed by atoms with Gasteiger partial charge in [0.15, 0.2) is 0 Å². The Labute approximate surface area is 122 Å². The van der Waals surface area contributed by atoms with Crippen molar-refractivity contribution in [3.8, 4) is 0 Å². The van der Waals surface area contributed by atoms with Crippen molar-refractivity contribution in [2.45, 2.75) is 26.3 Å². The van der Waals surface area contributed by atoms with Crippen molar-refractivity contribution in [1.82, 2.24) is 4.98 Å². The van der Waals surface area contributed by atoms with E-state index in [0.717, 1.165) is 43.0 Å². The monoisotopic (exact) mass is 281 g/mol. The molecular weight excluding hydrogens is 254 g/mol. The maximum Gasteiger partial charge on any atom is 0.129 e. The van der Waals surface area contributed by atoms with Crippen LogP contribution in [0.1, 0.15) is 24.6 Å². The van der Waals surface area contributed by atoms with Crippen LogP contribution in [-0.4, -0.2) is 45.5 Å². The zero-order valence-electron chi connectivity index (χ0n) is 12.9. The smallest absolute Gasteiger partial charge is 0.129 e. The zero-order valence-corrected chi connectivity index (χ0v) is 12.9. The Balaban J connectivity index is 2.93. The topological polar surface area (TPSA) is 60.6 Å². The summed E-state index contributed by atoms with van der Waals surface area (Å²) in [5.41, 5.74) is 8.01. The van der Waals surface area contributed by atoms with E-state index in [4.69, 9.17) is 20.2 Å². The Morgan fingerprint density at radius 1 is 1.15 bits per heavy atom. The minimum absolute atomic E-state index is 0.536. The lowest BCUT2D eigenvalue weighted by molar-refractivity contribution is 0.190. The lowest BCUT2D eigenvalue weighted by Gasteiger charge is -2.24. The molecule has 0 saturated carbocycles. The van der Waals surface area contributed by atoms with Crippen LogP contribution < -0.4 is 10.6 Å². The van der Waals surface area contributed by atoms with Crippen LogP contribution in [0.25, 0.3) is 0 Å². The van der Waals surface area contributed by atoms with E-state index in [1.807, 2.05) is 0 Å². The first-order valence-corrected chi connectivity index (χ1v) is 7.17. The molecule has 114 valence electrons. The van der Waals surface area contributed by atoms with Crippen LogP contribution in [-0.2, 0) is 22.4 Å². The molecule has 5 nitrogen and oxygen atoms in total. The molecule has 0 aliphatic carbocycles. The Bertz CT molecular complexity index is 377. The van der Waals surface area contributed by atoms with E-state index < -0.39 is 0 Å². The Hall–Kier alpha value is -1.17. The fourth-order valence-electron chi connectivity index (χ4n) is 2.04. The summed E-state index contributed by atoms with van der Waals surface area (Å²) in [6.45, 7) is 5.63. The molecule has 0 fully saturated rings. The largest absolute Gasteiger partial charge is 0.383 e. The molecule has 0 bridgehead atoms. The minimum atomic E-state index is 0.536. The normalized spacial score (nSPS) is 10.8. The maximum absolute atomic E-state index is 5.79. The van der Waals surface area contributed by atoms with Gasteiger partial charge in [0.05, 0.1) is 13.2 Å². The molecule has 1 rings (SSSR count). The standard InChI is InChI=1S/C15H27N3O2/c1-4-5-14-10-13(12-16)11-15(17-14)18(6-8-19-2)7-9-20-3/h10-11H,4-9,12,16H2,1-3H3. The summed E-state index contributed by atoms with van der Waals surface area (Å²) in [5.74, 6) is 0.963. The van der Waals surface area contributed by atoms with Gasteiger partial charge in [-0.3, -0.25) is 0 Å². The minimum Gasteiger partial charge on any atom is -0.383 e. The molecule has 0 atom stereocenters. The Morgan fingerprint density at radius 2 is 1.80 bits per heavy atom. The van der Waals surface area contributed by atoms with Crippen LogP contribution in [0.3, 0.4) is 0 Å². The Kier molecular flexibility index (Phi) is 8.18. The highest BCUT2D eigenvalue weighted by atomic mass is 16.5. The summed E-state index contributed by atoms with van der Waals surface area (Å²) in [6, 6.07) is 4.16. The number of anilines is 1. The lowest BCUT2D eigenvalue weighted by Crippen LogP contribution is -2.31. The average Bonchev–Trinajstić information content (AvgIpc) is 2.47. The summed E-state index contributed by atoms with van der Waals surface area (Å²) < 4.78 is 10.3. The number of hydrogen-bond donors (Lipinski definition) is 1. The van der Waals surface area contributed by atoms with Crippen molar-refractivity contribution in [3.63, 3.8) is 0 Å². The first-order chi connectivity index (χ1) is 9.74. The molecule has 0 aliphatic rings. The molecule has 0 aromatic carbocycles. The van der Waals surface area contributed by atoms with Crippen molar-refractivity contribution in [3.05, 3.63) is 23.4 Å². The predicted octanol–water partition coefficient (Wildman–Crippen LogP) is 1.59. The van der Waals surface area contributed by atoms with Crippen LogP contribution in [0.2, 0.25) is 0 Å². The van der Waals surface area contributed by atoms with Crippen LogP contribution in [0.5, 0.6) is 0 Å². The molecule has 1 aromatic heterocycles. The number of aryl methyl sites for hydroxylation is 1. The van der Waals surface area contributed by atoms with Gasteiger partial charge in [-0.15, -0.1) is 0 Å². The van der Waals surface area contributed by atoms with Crippen LogP contribution >= 0.6 is 0 Å². The third kappa shape index (κ3) is 5.45. The van der Waals surface area contributed by atoms with Crippen LogP contribution in [0.4, 0.5) is 5.82 Å². The van der Waals surface area contributed by atoms with E-state index in [0.29, 0.717) is 19.8 Å². The molecule has 1 aromatic rings. The summed E-state index contributed by atoms with van der Waals surface area (Å²) in [7, 11) is 3.42. The highest BCUT2D eigenvalue weighted by Gasteiger charge is 2.10. The average molecular weight is 281 g/mol. The van der Waals surface area contributed by atoms with Crippen molar-refractivity contribution in [1.29, 1.82) is 0 Å². The molecule has 1 heterocycles. The second kappa shape index (κ2) is 9.69. The second-order valence-corrected chi connectivity index (χ2v) is 4.75. The number of aromatic nitrogens is 1. The van der Waals surface area contributed by atoms with Crippen molar-refractivity contribution in [2.24, 2.45) is 5.73 Å². The molecule has 0 spiro atoms. The van der Waals surface area contributed by atoms with E-state index in [-0.39, 0.29) is 0 Å². The molecular formula is C15H27N3O2. The van der Waals surface area contributed by atoms with E-state index >= 15 is 0 Å². The van der Waals surface area contributed by atoms with E-state index in [1.54, 1.807) is 14.2 Å². The van der Waals surface area contributed by atoms with Gasteiger partial charge in [-0.2, -0.15) is 0 Å². The number of ether oxygens (including phenoxy) is 2. The molecule has 20 heavy (non-hydrogen) atoms. The summed E-state index contributed by atoms with van der Waals surface area (Å²) >= 11 is 0. The number of hydrogen-bond acceptors (Lipinski definition) is 5. The molecule has 0 aliphatic heterocycles. The molecule has 0 radical (unpaired) electrons. The molecule has 0 unspecified atom stereocenters. The highest BCUT2D eigenvalue weighted by molar-refractivity contribution is 5.43. The molecule has 2 N–H and O–H groups in total. The van der Waals surface area contributed by atoms with Crippen LogP contribution in [0.15, 0.2) is 12.1 Å². The number of rotatable bonds is 10. The second-order valence-electron chi connectivity index (χ2n) is 4.75. The SMILES string of the molecule is CCCc1cc(CN)cc(N(CCOC)CCOC)n1. The van der Waals surface area contributed by atoms with Gasteiger partial charge in [-0.25, -0.2) is 4.98 Å². The lowest BCUT2D eigenvalue weighted by atomic mass is 10.1. The summed E-state index contributed by atoms with van der Waals surface area (Å²) in [6.07, 6.45) is 2.06. The van der Waals surface area contributed by atoms with Gasteiger partial charge < -0.3 is 20.1 Å². The molecule has 0 saturated heterocycles. The van der Waals surface area contributed by atoms with Gasteiger partial charge in [-0.05, 0) is 24.1 Å². The van der Waals surface area contributed by atoms with Crippen LogP contribution in [0, 0.1) is 0 Å². The van der Waals surface area contributed by atoms with Crippen molar-refractivity contribution >= 4 is 5.82 Å². The Morgan fingerprint density at radius 3 is 2.30 bits per heavy atom. The first kappa shape index (κ1) is 16.9. The van der Waals surface area contributed by atoms with E-state index in [1.165, 1.54) is 0 Å². The predicted molar refractivity (Wildman–Crippen MR) is 82.1 cm³/mol. The van der Waals surface area contributed by atoms with Gasteiger partial charge >= 0.3 is 0 Å². The van der Waals surface area contributed by atoms with Gasteiger partial charge in [0.25, 0.3) is 0 Å². The highest BCUT2D eigenvalue weighted by Crippen LogP contribution is 2.16. The fraction of sp³-hybridized carbons (Fsp3) is 0.667. The van der Waals surface area contributed by atoms with Crippen molar-refractivity contribution in [2.75, 3.05) is 45.4 Å². The summed E-state index contributed by atoms with van der Waals surface area (Å²) in [5, 5.41) is 0. The van der Waals surface area contributed by atoms with E-state index in [9.17, 15) is 0 Å². The fourth-order valence-corrected chi connectivity index (χ4v) is 2.04. The van der Waals surface area contributed by atoms with Gasteiger partial charge in [0.1, 0.15) is 5.82 Å². The molecule has 5 heteroatoms. The first-order valence-electron chi connectivity index (χ1n) is 7.17. The molecule has 0 amide bonds. The van der Waals surface area contributed by atoms with Gasteiger partial charge in [0.2, 0.25) is 0 Å². The summed E-state index contributed by atoms with van der Waals surface area (Å²) in [4.78, 5) is 6.92. The number of methoxy groups -OCH3 is 2. The number of nitrogens with two attached hydrogens (primary N) is 1. The van der Waals surface area contributed by atoms with Gasteiger partial charge in [-0.1, -0.05) is 13.3 Å². The van der Waals surface area contributed by atoms with E-state index in [2.05, 4.69) is 24.0 Å². The van der Waals surface area contributed by atoms with Crippen molar-refractivity contribution < 1.29 is 9.47 Å². The maximum atomic E-state index is 5.79. The zero-order chi connectivity index (χ0) is 14.8. The number of pyridine rings is 1. The third-order valence-corrected chi connectivity index (χ3v) is 3.12. The quantitative estimate of drug-likeness (QED) is 0.706. The van der Waals surface area contributed by atoms with Gasteiger partial charge in [0, 0.05) is 39.5 Å². The number of nitrogens with zero attached hydrogens (tertiary/aromatic N) is 2. The third-order valence-electron chi connectivity index (χ3n) is 3.12.